The fourth-order valence-corrected chi connectivity index (χ4v) is 2.20. The van der Waals surface area contributed by atoms with Crippen LogP contribution >= 0.6 is 0 Å². The lowest BCUT2D eigenvalue weighted by molar-refractivity contribution is 0.252. The molecule has 0 aromatic heterocycles. The Kier molecular flexibility index (Phi) is 4.91. The van der Waals surface area contributed by atoms with Crippen molar-refractivity contribution in [1.29, 1.82) is 0 Å². The van der Waals surface area contributed by atoms with E-state index in [9.17, 15) is 8.78 Å². The summed E-state index contributed by atoms with van der Waals surface area (Å²) < 4.78 is 31.3. The summed E-state index contributed by atoms with van der Waals surface area (Å²) in [6.07, 6.45) is 0. The summed E-state index contributed by atoms with van der Waals surface area (Å²) in [5.74, 6) is -0.809. The van der Waals surface area contributed by atoms with Crippen LogP contribution in [0.3, 0.4) is 0 Å². The standard InChI is InChI=1S/C17H19F2NO/c1-12(14-5-7-15(21-3)8-6-14)20(2)11-13-4-9-16(18)17(19)10-13/h4-10,12H,11H2,1-3H3. The average molecular weight is 291 g/mol. The molecule has 4 heteroatoms. The zero-order valence-corrected chi connectivity index (χ0v) is 12.4. The molecule has 21 heavy (non-hydrogen) atoms. The molecule has 0 aliphatic rings. The molecule has 0 aliphatic heterocycles. The van der Waals surface area contributed by atoms with Crippen molar-refractivity contribution in [3.63, 3.8) is 0 Å². The second kappa shape index (κ2) is 6.68. The smallest absolute Gasteiger partial charge is 0.159 e. The van der Waals surface area contributed by atoms with Crippen LogP contribution in [0.15, 0.2) is 42.5 Å². The van der Waals surface area contributed by atoms with Crippen molar-refractivity contribution in [3.05, 3.63) is 65.2 Å². The van der Waals surface area contributed by atoms with E-state index in [0.29, 0.717) is 6.54 Å². The minimum Gasteiger partial charge on any atom is -0.497 e. The van der Waals surface area contributed by atoms with Crippen molar-refractivity contribution in [3.8, 4) is 5.75 Å². The third-order valence-electron chi connectivity index (χ3n) is 3.68. The van der Waals surface area contributed by atoms with Crippen molar-refractivity contribution >= 4 is 0 Å². The van der Waals surface area contributed by atoms with Crippen LogP contribution in [0.4, 0.5) is 8.78 Å². The summed E-state index contributed by atoms with van der Waals surface area (Å²) >= 11 is 0. The molecule has 0 bridgehead atoms. The normalized spacial score (nSPS) is 12.5. The van der Waals surface area contributed by atoms with Gasteiger partial charge in [-0.25, -0.2) is 8.78 Å². The Balaban J connectivity index is 2.07. The van der Waals surface area contributed by atoms with Crippen molar-refractivity contribution in [2.24, 2.45) is 0 Å². The van der Waals surface area contributed by atoms with Crippen molar-refractivity contribution < 1.29 is 13.5 Å². The summed E-state index contributed by atoms with van der Waals surface area (Å²) in [6, 6.07) is 12.0. The highest BCUT2D eigenvalue weighted by molar-refractivity contribution is 5.29. The van der Waals surface area contributed by atoms with Crippen LogP contribution in [0, 0.1) is 11.6 Å². The molecule has 112 valence electrons. The van der Waals surface area contributed by atoms with Gasteiger partial charge in [0.25, 0.3) is 0 Å². The minimum absolute atomic E-state index is 0.157. The Morgan fingerprint density at radius 1 is 1.05 bits per heavy atom. The van der Waals surface area contributed by atoms with E-state index in [4.69, 9.17) is 4.74 Å². The van der Waals surface area contributed by atoms with E-state index >= 15 is 0 Å². The first kappa shape index (κ1) is 15.4. The van der Waals surface area contributed by atoms with Gasteiger partial charge in [0.15, 0.2) is 11.6 Å². The van der Waals surface area contributed by atoms with Crippen molar-refractivity contribution in [2.45, 2.75) is 19.5 Å². The van der Waals surface area contributed by atoms with Crippen LogP contribution in [0.25, 0.3) is 0 Å². The van der Waals surface area contributed by atoms with Gasteiger partial charge < -0.3 is 4.74 Å². The van der Waals surface area contributed by atoms with Gasteiger partial charge in [0.05, 0.1) is 7.11 Å². The van der Waals surface area contributed by atoms with E-state index in [1.807, 2.05) is 31.3 Å². The molecule has 2 rings (SSSR count). The molecule has 0 spiro atoms. The number of ether oxygens (including phenoxy) is 1. The Labute approximate surface area is 124 Å². The van der Waals surface area contributed by atoms with E-state index in [1.165, 1.54) is 6.07 Å². The Hall–Kier alpha value is -1.94. The third kappa shape index (κ3) is 3.79. The minimum atomic E-state index is -0.815. The number of rotatable bonds is 5. The molecule has 0 radical (unpaired) electrons. The van der Waals surface area contributed by atoms with Gasteiger partial charge in [-0.05, 0) is 49.4 Å². The molecule has 0 aliphatic carbocycles. The number of hydrogen-bond donors (Lipinski definition) is 0. The molecule has 2 aromatic rings. The lowest BCUT2D eigenvalue weighted by Gasteiger charge is -2.25. The molecular formula is C17H19F2NO. The van der Waals surface area contributed by atoms with Gasteiger partial charge in [-0.1, -0.05) is 18.2 Å². The maximum atomic E-state index is 13.2. The number of halogens is 2. The lowest BCUT2D eigenvalue weighted by Crippen LogP contribution is -2.22. The number of benzene rings is 2. The maximum absolute atomic E-state index is 13.2. The van der Waals surface area contributed by atoms with Crippen LogP contribution in [-0.4, -0.2) is 19.1 Å². The second-order valence-corrected chi connectivity index (χ2v) is 5.11. The van der Waals surface area contributed by atoms with E-state index < -0.39 is 11.6 Å². The maximum Gasteiger partial charge on any atom is 0.159 e. The molecule has 0 saturated heterocycles. The fraction of sp³-hybridized carbons (Fsp3) is 0.294. The zero-order valence-electron chi connectivity index (χ0n) is 12.4. The van der Waals surface area contributed by atoms with Gasteiger partial charge in [0, 0.05) is 12.6 Å². The number of nitrogens with zero attached hydrogens (tertiary/aromatic N) is 1. The Morgan fingerprint density at radius 2 is 1.71 bits per heavy atom. The highest BCUT2D eigenvalue weighted by Gasteiger charge is 2.13. The molecule has 0 N–H and O–H groups in total. The van der Waals surface area contributed by atoms with Gasteiger partial charge >= 0.3 is 0 Å². The molecule has 0 heterocycles. The molecule has 1 unspecified atom stereocenters. The average Bonchev–Trinajstić information content (AvgIpc) is 2.50. The monoisotopic (exact) mass is 291 g/mol. The van der Waals surface area contributed by atoms with Gasteiger partial charge in [-0.3, -0.25) is 4.90 Å². The van der Waals surface area contributed by atoms with E-state index in [0.717, 1.165) is 22.9 Å². The van der Waals surface area contributed by atoms with Gasteiger partial charge in [-0.15, -0.1) is 0 Å². The Bertz CT molecular complexity index is 598. The quantitative estimate of drug-likeness (QED) is 0.820. The summed E-state index contributed by atoms with van der Waals surface area (Å²) in [5.41, 5.74) is 1.89. The number of methoxy groups -OCH3 is 1. The van der Waals surface area contributed by atoms with Crippen LogP contribution in [-0.2, 0) is 6.54 Å². The fourth-order valence-electron chi connectivity index (χ4n) is 2.20. The van der Waals surface area contributed by atoms with E-state index in [1.54, 1.807) is 13.2 Å². The highest BCUT2D eigenvalue weighted by atomic mass is 19.2. The zero-order chi connectivity index (χ0) is 15.4. The third-order valence-corrected chi connectivity index (χ3v) is 3.68. The SMILES string of the molecule is COc1ccc(C(C)N(C)Cc2ccc(F)c(F)c2)cc1. The predicted octanol–water partition coefficient (Wildman–Crippen LogP) is 4.17. The van der Waals surface area contributed by atoms with E-state index in [2.05, 4.69) is 11.8 Å². The van der Waals surface area contributed by atoms with Crippen molar-refractivity contribution in [1.82, 2.24) is 4.90 Å². The molecule has 0 fully saturated rings. The molecule has 2 aromatic carbocycles. The first-order valence-corrected chi connectivity index (χ1v) is 6.79. The van der Waals surface area contributed by atoms with Gasteiger partial charge in [0.1, 0.15) is 5.75 Å². The first-order chi connectivity index (χ1) is 10.0. The van der Waals surface area contributed by atoms with E-state index in [-0.39, 0.29) is 6.04 Å². The molecule has 0 amide bonds. The number of hydrogen-bond acceptors (Lipinski definition) is 2. The topological polar surface area (TPSA) is 12.5 Å². The van der Waals surface area contributed by atoms with Gasteiger partial charge in [0.2, 0.25) is 0 Å². The summed E-state index contributed by atoms with van der Waals surface area (Å²) in [5, 5.41) is 0. The first-order valence-electron chi connectivity index (χ1n) is 6.79. The summed E-state index contributed by atoms with van der Waals surface area (Å²) in [6.45, 7) is 2.62. The van der Waals surface area contributed by atoms with Crippen LogP contribution < -0.4 is 4.74 Å². The van der Waals surface area contributed by atoms with Crippen LogP contribution in [0.5, 0.6) is 5.75 Å². The van der Waals surface area contributed by atoms with Crippen LogP contribution in [0.1, 0.15) is 24.1 Å². The van der Waals surface area contributed by atoms with Crippen molar-refractivity contribution in [2.75, 3.05) is 14.2 Å². The highest BCUT2D eigenvalue weighted by Crippen LogP contribution is 2.23. The lowest BCUT2D eigenvalue weighted by atomic mass is 10.1. The van der Waals surface area contributed by atoms with Crippen LogP contribution in [0.2, 0.25) is 0 Å². The second-order valence-electron chi connectivity index (χ2n) is 5.11. The van der Waals surface area contributed by atoms with Gasteiger partial charge in [-0.2, -0.15) is 0 Å². The molecular weight excluding hydrogens is 272 g/mol. The Morgan fingerprint density at radius 3 is 2.29 bits per heavy atom. The summed E-state index contributed by atoms with van der Waals surface area (Å²) in [7, 11) is 3.59. The molecule has 2 nitrogen and oxygen atoms in total. The summed E-state index contributed by atoms with van der Waals surface area (Å²) in [4.78, 5) is 2.08. The molecule has 1 atom stereocenters. The largest absolute Gasteiger partial charge is 0.497 e. The predicted molar refractivity (Wildman–Crippen MR) is 79.2 cm³/mol. The molecule has 0 saturated carbocycles.